The van der Waals surface area contributed by atoms with E-state index in [0.717, 1.165) is 6.42 Å². The molecule has 1 rings (SSSR count). The van der Waals surface area contributed by atoms with E-state index in [0.29, 0.717) is 6.42 Å². The van der Waals surface area contributed by atoms with Gasteiger partial charge in [-0.2, -0.15) is 0 Å². The van der Waals surface area contributed by atoms with E-state index >= 15 is 0 Å². The van der Waals surface area contributed by atoms with Crippen LogP contribution in [0.2, 0.25) is 0 Å². The lowest BCUT2D eigenvalue weighted by Crippen LogP contribution is -2.36. The quantitative estimate of drug-likeness (QED) is 0.636. The largest absolute Gasteiger partial charge is 0.481 e. The van der Waals surface area contributed by atoms with Crippen molar-refractivity contribution in [3.05, 3.63) is 12.2 Å². The maximum Gasteiger partial charge on any atom is 0.330 e. The van der Waals surface area contributed by atoms with Crippen LogP contribution in [0.5, 0.6) is 0 Å². The molecular weight excluding hydrogens is 256 g/mol. The van der Waals surface area contributed by atoms with Crippen LogP contribution in [0, 0.1) is 16.7 Å². The van der Waals surface area contributed by atoms with Gasteiger partial charge in [0.15, 0.2) is 0 Å². The molecule has 0 radical (unpaired) electrons. The van der Waals surface area contributed by atoms with Gasteiger partial charge in [-0.25, -0.2) is 4.79 Å². The monoisotopic (exact) mass is 282 g/mol. The second kappa shape index (κ2) is 5.23. The smallest absolute Gasteiger partial charge is 0.330 e. The van der Waals surface area contributed by atoms with Crippen LogP contribution in [-0.2, 0) is 14.3 Å². The highest BCUT2D eigenvalue weighted by molar-refractivity contribution is 5.82. The molecule has 0 heterocycles. The van der Waals surface area contributed by atoms with Crippen molar-refractivity contribution in [2.24, 2.45) is 16.7 Å². The maximum absolute atomic E-state index is 11.8. The minimum absolute atomic E-state index is 0.313. The van der Waals surface area contributed by atoms with Crippen LogP contribution in [0.1, 0.15) is 54.4 Å². The Balaban J connectivity index is 2.86. The topological polar surface area (TPSA) is 63.6 Å². The Labute approximate surface area is 121 Å². The lowest BCUT2D eigenvalue weighted by molar-refractivity contribution is -0.148. The van der Waals surface area contributed by atoms with Gasteiger partial charge < -0.3 is 9.84 Å². The van der Waals surface area contributed by atoms with Crippen molar-refractivity contribution in [1.29, 1.82) is 0 Å². The number of allylic oxidation sites excluding steroid dienone is 1. The molecule has 1 fully saturated rings. The Hall–Kier alpha value is -1.32. The Bertz CT molecular complexity index is 428. The molecular formula is C16H26O4. The van der Waals surface area contributed by atoms with Gasteiger partial charge in [0.05, 0.1) is 5.92 Å². The molecule has 0 aromatic carbocycles. The fraction of sp³-hybridized carbons (Fsp3) is 0.750. The number of carbonyl (C=O) groups excluding carboxylic acids is 1. The molecule has 1 aliphatic carbocycles. The molecule has 0 aromatic heterocycles. The number of aliphatic carboxylic acids is 1. The van der Waals surface area contributed by atoms with E-state index in [-0.39, 0.29) is 17.3 Å². The van der Waals surface area contributed by atoms with Crippen molar-refractivity contribution >= 4 is 11.9 Å². The van der Waals surface area contributed by atoms with Crippen LogP contribution in [0.4, 0.5) is 0 Å². The van der Waals surface area contributed by atoms with Crippen molar-refractivity contribution in [2.75, 3.05) is 0 Å². The molecule has 20 heavy (non-hydrogen) atoms. The highest BCUT2D eigenvalue weighted by Crippen LogP contribution is 2.56. The predicted molar refractivity (Wildman–Crippen MR) is 77.2 cm³/mol. The minimum atomic E-state index is -0.760. The van der Waals surface area contributed by atoms with E-state index in [2.05, 4.69) is 0 Å². The zero-order valence-electron chi connectivity index (χ0n) is 13.3. The minimum Gasteiger partial charge on any atom is -0.481 e. The Kier molecular flexibility index (Phi) is 4.37. The summed E-state index contributed by atoms with van der Waals surface area (Å²) in [6, 6.07) is 0. The number of hydrogen-bond acceptors (Lipinski definition) is 3. The SMILES string of the molecule is CC(C)(C)OC(=O)C=CC1(C)CC[C@H](C(=O)O)C1(C)C. The highest BCUT2D eigenvalue weighted by Gasteiger charge is 2.52. The van der Waals surface area contributed by atoms with Gasteiger partial charge in [0, 0.05) is 6.08 Å². The Morgan fingerprint density at radius 2 is 1.80 bits per heavy atom. The number of carbonyl (C=O) groups is 2. The molecule has 1 N–H and O–H groups in total. The third-order valence-corrected chi connectivity index (χ3v) is 4.59. The standard InChI is InChI=1S/C16H26O4/c1-14(2,3)20-12(17)8-10-16(6)9-7-11(13(18)19)15(16,4)5/h8,10-11H,7,9H2,1-6H3,(H,18,19)/t11-,16?/m1/s1. The number of ether oxygens (including phenoxy) is 1. The van der Waals surface area contributed by atoms with Crippen LogP contribution in [0.25, 0.3) is 0 Å². The van der Waals surface area contributed by atoms with Crippen molar-refractivity contribution in [2.45, 2.75) is 60.0 Å². The van der Waals surface area contributed by atoms with Crippen LogP contribution in [0.3, 0.4) is 0 Å². The summed E-state index contributed by atoms with van der Waals surface area (Å²) in [5.74, 6) is -1.52. The van der Waals surface area contributed by atoms with Crippen molar-refractivity contribution in [3.63, 3.8) is 0 Å². The Morgan fingerprint density at radius 3 is 2.20 bits per heavy atom. The predicted octanol–water partition coefficient (Wildman–Crippen LogP) is 3.41. The maximum atomic E-state index is 11.8. The second-order valence-electron chi connectivity index (χ2n) is 7.44. The van der Waals surface area contributed by atoms with E-state index in [4.69, 9.17) is 4.74 Å². The van der Waals surface area contributed by atoms with Crippen molar-refractivity contribution in [1.82, 2.24) is 0 Å². The summed E-state index contributed by atoms with van der Waals surface area (Å²) in [6.45, 7) is 11.4. The third kappa shape index (κ3) is 3.41. The number of hydrogen-bond donors (Lipinski definition) is 1. The molecule has 1 saturated carbocycles. The number of carboxylic acid groups (broad SMARTS) is 1. The van der Waals surface area contributed by atoms with Gasteiger partial charge in [-0.15, -0.1) is 0 Å². The van der Waals surface area contributed by atoms with Crippen LogP contribution < -0.4 is 0 Å². The number of carboxylic acids is 1. The summed E-state index contributed by atoms with van der Waals surface area (Å²) in [4.78, 5) is 23.1. The van der Waals surface area contributed by atoms with Crippen molar-refractivity contribution in [3.8, 4) is 0 Å². The normalized spacial score (nSPS) is 29.6. The molecule has 114 valence electrons. The van der Waals surface area contributed by atoms with E-state index < -0.39 is 17.0 Å². The third-order valence-electron chi connectivity index (χ3n) is 4.59. The first-order valence-electron chi connectivity index (χ1n) is 7.04. The summed E-state index contributed by atoms with van der Waals surface area (Å²) in [6.07, 6.45) is 4.66. The van der Waals surface area contributed by atoms with E-state index in [9.17, 15) is 14.7 Å². The van der Waals surface area contributed by atoms with Gasteiger partial charge in [-0.05, 0) is 44.4 Å². The molecule has 4 heteroatoms. The van der Waals surface area contributed by atoms with Gasteiger partial charge in [-0.3, -0.25) is 4.79 Å². The molecule has 0 aromatic rings. The fourth-order valence-corrected chi connectivity index (χ4v) is 2.84. The average Bonchev–Trinajstić information content (AvgIpc) is 2.45. The number of esters is 1. The average molecular weight is 282 g/mol. The first-order chi connectivity index (χ1) is 8.89. The molecule has 0 bridgehead atoms. The molecule has 0 spiro atoms. The van der Waals surface area contributed by atoms with Crippen molar-refractivity contribution < 1.29 is 19.4 Å². The van der Waals surface area contributed by atoms with Gasteiger partial charge in [0.1, 0.15) is 5.60 Å². The zero-order valence-corrected chi connectivity index (χ0v) is 13.3. The van der Waals surface area contributed by atoms with E-state index in [1.54, 1.807) is 0 Å². The summed E-state index contributed by atoms with van der Waals surface area (Å²) in [5.41, 5.74) is -1.22. The van der Waals surface area contributed by atoms with E-state index in [1.807, 2.05) is 47.6 Å². The second-order valence-corrected chi connectivity index (χ2v) is 7.44. The van der Waals surface area contributed by atoms with Gasteiger partial charge in [0.2, 0.25) is 0 Å². The van der Waals surface area contributed by atoms with Gasteiger partial charge in [-0.1, -0.05) is 26.8 Å². The summed E-state index contributed by atoms with van der Waals surface area (Å²) >= 11 is 0. The lowest BCUT2D eigenvalue weighted by Gasteiger charge is -2.38. The van der Waals surface area contributed by atoms with Crippen LogP contribution in [-0.4, -0.2) is 22.6 Å². The van der Waals surface area contributed by atoms with Crippen LogP contribution >= 0.6 is 0 Å². The molecule has 0 saturated heterocycles. The Morgan fingerprint density at radius 1 is 1.25 bits per heavy atom. The molecule has 2 atom stereocenters. The summed E-state index contributed by atoms with van der Waals surface area (Å²) < 4.78 is 5.24. The van der Waals surface area contributed by atoms with E-state index in [1.165, 1.54) is 6.08 Å². The van der Waals surface area contributed by atoms with Gasteiger partial charge in [0.25, 0.3) is 0 Å². The van der Waals surface area contributed by atoms with Gasteiger partial charge >= 0.3 is 11.9 Å². The first kappa shape index (κ1) is 16.7. The molecule has 4 nitrogen and oxygen atoms in total. The first-order valence-corrected chi connectivity index (χ1v) is 7.04. The lowest BCUT2D eigenvalue weighted by atomic mass is 9.65. The summed E-state index contributed by atoms with van der Waals surface area (Å²) in [5, 5.41) is 9.30. The zero-order chi connectivity index (χ0) is 15.8. The summed E-state index contributed by atoms with van der Waals surface area (Å²) in [7, 11) is 0. The molecule has 0 aliphatic heterocycles. The molecule has 1 aliphatic rings. The fourth-order valence-electron chi connectivity index (χ4n) is 2.84. The highest BCUT2D eigenvalue weighted by atomic mass is 16.6. The van der Waals surface area contributed by atoms with Crippen LogP contribution in [0.15, 0.2) is 12.2 Å². The molecule has 0 amide bonds. The molecule has 1 unspecified atom stereocenters. The number of rotatable bonds is 3.